The lowest BCUT2D eigenvalue weighted by Gasteiger charge is -2.13. The summed E-state index contributed by atoms with van der Waals surface area (Å²) in [6.07, 6.45) is 0. The largest absolute Gasteiger partial charge is 0.451 e. The van der Waals surface area contributed by atoms with Gasteiger partial charge in [-0.3, -0.25) is 4.79 Å². The minimum Gasteiger partial charge on any atom is -0.451 e. The number of nitrogens with zero attached hydrogens (tertiary/aromatic N) is 2. The number of hydrogen-bond acceptors (Lipinski definition) is 5. The molecule has 1 aromatic heterocycles. The smallest absolute Gasteiger partial charge is 0.289 e. The van der Waals surface area contributed by atoms with Gasteiger partial charge >= 0.3 is 0 Å². The van der Waals surface area contributed by atoms with Gasteiger partial charge in [-0.05, 0) is 24.3 Å². The number of rotatable bonds is 5. The number of aliphatic hydroxyl groups excluding tert-OH is 1. The van der Waals surface area contributed by atoms with Gasteiger partial charge in [0.15, 0.2) is 5.76 Å². The third-order valence-electron chi connectivity index (χ3n) is 3.26. The van der Waals surface area contributed by atoms with Gasteiger partial charge in [0.25, 0.3) is 5.91 Å². The van der Waals surface area contributed by atoms with E-state index in [-0.39, 0.29) is 29.7 Å². The minimum absolute atomic E-state index is 0.102. The van der Waals surface area contributed by atoms with Gasteiger partial charge in [0, 0.05) is 33.1 Å². The van der Waals surface area contributed by atoms with Crippen LogP contribution in [0.25, 0.3) is 11.0 Å². The first kappa shape index (κ1) is 16.5. The van der Waals surface area contributed by atoms with Gasteiger partial charge in [-0.25, -0.2) is 12.7 Å². The third kappa shape index (κ3) is 2.99. The van der Waals surface area contributed by atoms with E-state index in [9.17, 15) is 13.2 Å². The molecule has 22 heavy (non-hydrogen) atoms. The van der Waals surface area contributed by atoms with Crippen molar-refractivity contribution < 1.29 is 22.7 Å². The molecule has 120 valence electrons. The molecule has 7 nitrogen and oxygen atoms in total. The van der Waals surface area contributed by atoms with Crippen molar-refractivity contribution in [2.24, 2.45) is 0 Å². The Balaban J connectivity index is 2.42. The van der Waals surface area contributed by atoms with Crippen molar-refractivity contribution in [2.45, 2.75) is 4.90 Å². The van der Waals surface area contributed by atoms with E-state index in [2.05, 4.69) is 0 Å². The lowest BCUT2D eigenvalue weighted by Crippen LogP contribution is -2.29. The normalized spacial score (nSPS) is 12.0. The Labute approximate surface area is 128 Å². The predicted molar refractivity (Wildman–Crippen MR) is 81.1 cm³/mol. The molecule has 2 aromatic rings. The standard InChI is InChI=1S/C14H18N2O5S/c1-15(2)22(19,20)11-4-5-12-10(8-11)9-13(21-12)14(18)16(3)6-7-17/h4-5,8-9,17H,6-7H2,1-3H3. The van der Waals surface area contributed by atoms with Crippen LogP contribution in [0.15, 0.2) is 33.6 Å². The highest BCUT2D eigenvalue weighted by Gasteiger charge is 2.20. The summed E-state index contributed by atoms with van der Waals surface area (Å²) >= 11 is 0. The Morgan fingerprint density at radius 1 is 1.23 bits per heavy atom. The Bertz CT molecular complexity index is 795. The monoisotopic (exact) mass is 326 g/mol. The predicted octanol–water partition coefficient (Wildman–Crippen LogP) is 0.747. The number of fused-ring (bicyclic) bond motifs is 1. The molecule has 0 atom stereocenters. The SMILES string of the molecule is CN(CCO)C(=O)c1cc2cc(S(=O)(=O)N(C)C)ccc2o1. The van der Waals surface area contributed by atoms with Crippen molar-refractivity contribution >= 4 is 26.9 Å². The van der Waals surface area contributed by atoms with Crippen molar-refractivity contribution in [1.82, 2.24) is 9.21 Å². The molecular formula is C14H18N2O5S. The highest BCUT2D eigenvalue weighted by Crippen LogP contribution is 2.24. The van der Waals surface area contributed by atoms with Gasteiger partial charge in [-0.15, -0.1) is 0 Å². The molecule has 0 fully saturated rings. The second-order valence-corrected chi connectivity index (χ2v) is 7.20. The maximum atomic E-state index is 12.1. The van der Waals surface area contributed by atoms with Crippen LogP contribution in [0.4, 0.5) is 0 Å². The summed E-state index contributed by atoms with van der Waals surface area (Å²) < 4.78 is 30.8. The summed E-state index contributed by atoms with van der Waals surface area (Å²) in [6.45, 7) is 0.0455. The number of hydrogen-bond donors (Lipinski definition) is 1. The van der Waals surface area contributed by atoms with Crippen LogP contribution < -0.4 is 0 Å². The second-order valence-electron chi connectivity index (χ2n) is 5.05. The van der Waals surface area contributed by atoms with Gasteiger partial charge in [0.05, 0.1) is 11.5 Å². The minimum atomic E-state index is -3.54. The van der Waals surface area contributed by atoms with Crippen molar-refractivity contribution in [3.63, 3.8) is 0 Å². The molecular weight excluding hydrogens is 308 g/mol. The molecule has 1 amide bonds. The zero-order valence-electron chi connectivity index (χ0n) is 12.6. The number of benzene rings is 1. The van der Waals surface area contributed by atoms with Crippen LogP contribution in [-0.2, 0) is 10.0 Å². The van der Waals surface area contributed by atoms with Crippen LogP contribution in [0.3, 0.4) is 0 Å². The molecule has 2 rings (SSSR count). The first-order valence-electron chi connectivity index (χ1n) is 6.60. The summed E-state index contributed by atoms with van der Waals surface area (Å²) in [6, 6.07) is 5.93. The molecule has 0 saturated heterocycles. The van der Waals surface area contributed by atoms with Crippen LogP contribution in [0.2, 0.25) is 0 Å². The van der Waals surface area contributed by atoms with Gasteiger partial charge in [0.1, 0.15) is 5.58 Å². The third-order valence-corrected chi connectivity index (χ3v) is 5.07. The number of furan rings is 1. The summed E-state index contributed by atoms with van der Waals surface area (Å²) in [5.74, 6) is -0.271. The lowest BCUT2D eigenvalue weighted by molar-refractivity contribution is 0.0738. The van der Waals surface area contributed by atoms with Gasteiger partial charge in [-0.2, -0.15) is 0 Å². The van der Waals surface area contributed by atoms with Crippen LogP contribution in [0.1, 0.15) is 10.6 Å². The Morgan fingerprint density at radius 2 is 1.91 bits per heavy atom. The number of aliphatic hydroxyl groups is 1. The van der Waals surface area contributed by atoms with Gasteiger partial charge in [-0.1, -0.05) is 0 Å². The summed E-state index contributed by atoms with van der Waals surface area (Å²) in [4.78, 5) is 13.6. The summed E-state index contributed by atoms with van der Waals surface area (Å²) in [5.41, 5.74) is 0.429. The summed E-state index contributed by atoms with van der Waals surface area (Å²) in [7, 11) is 0.912. The average molecular weight is 326 g/mol. The van der Waals surface area contributed by atoms with Gasteiger partial charge < -0.3 is 14.4 Å². The second kappa shape index (κ2) is 6.07. The number of sulfonamides is 1. The summed E-state index contributed by atoms with van der Waals surface area (Å²) in [5, 5.41) is 9.39. The molecule has 0 aliphatic rings. The average Bonchev–Trinajstić information content (AvgIpc) is 2.89. The van der Waals surface area contributed by atoms with E-state index in [1.54, 1.807) is 7.05 Å². The number of amides is 1. The maximum Gasteiger partial charge on any atom is 0.289 e. The van der Waals surface area contributed by atoms with E-state index < -0.39 is 10.0 Å². The highest BCUT2D eigenvalue weighted by molar-refractivity contribution is 7.89. The highest BCUT2D eigenvalue weighted by atomic mass is 32.2. The van der Waals surface area contributed by atoms with E-state index >= 15 is 0 Å². The molecule has 0 radical (unpaired) electrons. The molecule has 1 heterocycles. The quantitative estimate of drug-likeness (QED) is 0.875. The molecule has 1 N–H and O–H groups in total. The van der Waals surface area contributed by atoms with Crippen LogP contribution in [0, 0.1) is 0 Å². The topological polar surface area (TPSA) is 91.1 Å². The van der Waals surface area contributed by atoms with E-state index in [1.807, 2.05) is 0 Å². The number of likely N-dealkylation sites (N-methyl/N-ethyl adjacent to an activating group) is 1. The molecule has 1 aromatic carbocycles. The van der Waals surface area contributed by atoms with E-state index in [0.717, 1.165) is 4.31 Å². The maximum absolute atomic E-state index is 12.1. The van der Waals surface area contributed by atoms with Crippen LogP contribution >= 0.6 is 0 Å². The molecule has 0 spiro atoms. The lowest BCUT2D eigenvalue weighted by atomic mass is 10.2. The molecule has 0 aliphatic heterocycles. The van der Waals surface area contributed by atoms with E-state index in [0.29, 0.717) is 11.0 Å². The van der Waals surface area contributed by atoms with E-state index in [4.69, 9.17) is 9.52 Å². The Kier molecular flexibility index (Phi) is 4.55. The fourth-order valence-corrected chi connectivity index (χ4v) is 2.88. The zero-order chi connectivity index (χ0) is 16.5. The molecule has 0 saturated carbocycles. The van der Waals surface area contributed by atoms with Crippen molar-refractivity contribution in [2.75, 3.05) is 34.3 Å². The Morgan fingerprint density at radius 3 is 2.50 bits per heavy atom. The number of carbonyl (C=O) groups is 1. The fraction of sp³-hybridized carbons (Fsp3) is 0.357. The van der Waals surface area contributed by atoms with Crippen molar-refractivity contribution in [3.8, 4) is 0 Å². The first-order chi connectivity index (χ1) is 10.3. The molecule has 8 heteroatoms. The number of carbonyl (C=O) groups excluding carboxylic acids is 1. The van der Waals surface area contributed by atoms with Gasteiger partial charge in [0.2, 0.25) is 10.0 Å². The van der Waals surface area contributed by atoms with E-state index in [1.165, 1.54) is 43.3 Å². The van der Waals surface area contributed by atoms with Crippen molar-refractivity contribution in [3.05, 3.63) is 30.0 Å². The molecule has 0 bridgehead atoms. The Hall–Kier alpha value is -1.90. The molecule has 0 unspecified atom stereocenters. The van der Waals surface area contributed by atoms with Crippen molar-refractivity contribution in [1.29, 1.82) is 0 Å². The van der Waals surface area contributed by atoms with Crippen LogP contribution in [-0.4, -0.2) is 62.9 Å². The first-order valence-corrected chi connectivity index (χ1v) is 8.04. The van der Waals surface area contributed by atoms with Crippen LogP contribution in [0.5, 0.6) is 0 Å². The molecule has 0 aliphatic carbocycles. The zero-order valence-corrected chi connectivity index (χ0v) is 13.4. The fourth-order valence-electron chi connectivity index (χ4n) is 1.94.